The van der Waals surface area contributed by atoms with Gasteiger partial charge in [-0.25, -0.2) is 0 Å². The first kappa shape index (κ1) is 74.3. The smallest absolute Gasteiger partial charge is 0.306 e. The van der Waals surface area contributed by atoms with E-state index in [0.29, 0.717) is 19.3 Å². The first-order chi connectivity index (χ1) is 38.5. The molecule has 0 saturated heterocycles. The number of ether oxygens (including phenoxy) is 3. The van der Waals surface area contributed by atoms with Crippen molar-refractivity contribution in [3.8, 4) is 0 Å². The van der Waals surface area contributed by atoms with Crippen molar-refractivity contribution in [3.05, 3.63) is 97.2 Å². The third-order valence-electron chi connectivity index (χ3n) is 14.3. The fourth-order valence-electron chi connectivity index (χ4n) is 9.36. The van der Waals surface area contributed by atoms with Crippen LogP contribution in [-0.4, -0.2) is 37.2 Å². The Balaban J connectivity index is 4.18. The first-order valence-corrected chi connectivity index (χ1v) is 33.2. The summed E-state index contributed by atoms with van der Waals surface area (Å²) in [6, 6.07) is 0. The largest absolute Gasteiger partial charge is 0.462 e. The highest BCUT2D eigenvalue weighted by atomic mass is 16.6. The van der Waals surface area contributed by atoms with E-state index in [9.17, 15) is 14.4 Å². The highest BCUT2D eigenvalue weighted by Crippen LogP contribution is 2.17. The molecule has 0 bridgehead atoms. The average Bonchev–Trinajstić information content (AvgIpc) is 3.44. The topological polar surface area (TPSA) is 78.9 Å². The predicted octanol–water partition coefficient (Wildman–Crippen LogP) is 22.8. The summed E-state index contributed by atoms with van der Waals surface area (Å²) >= 11 is 0. The minimum absolute atomic E-state index is 0.0813. The van der Waals surface area contributed by atoms with Crippen molar-refractivity contribution in [2.45, 2.75) is 329 Å². The molecule has 448 valence electrons. The number of unbranched alkanes of at least 4 members (excludes halogenated alkanes) is 33. The molecule has 1 atom stereocenters. The van der Waals surface area contributed by atoms with Crippen molar-refractivity contribution in [1.29, 1.82) is 0 Å². The van der Waals surface area contributed by atoms with Gasteiger partial charge in [0, 0.05) is 19.3 Å². The summed E-state index contributed by atoms with van der Waals surface area (Å²) in [7, 11) is 0. The molecule has 0 aromatic carbocycles. The lowest BCUT2D eigenvalue weighted by Crippen LogP contribution is -2.30. The van der Waals surface area contributed by atoms with Gasteiger partial charge in [0.15, 0.2) is 6.10 Å². The van der Waals surface area contributed by atoms with Crippen LogP contribution in [0.15, 0.2) is 97.2 Å². The normalized spacial score (nSPS) is 12.7. The van der Waals surface area contributed by atoms with Gasteiger partial charge >= 0.3 is 17.9 Å². The Kier molecular flexibility index (Phi) is 62.7. The summed E-state index contributed by atoms with van der Waals surface area (Å²) in [6.07, 6.45) is 88.7. The summed E-state index contributed by atoms with van der Waals surface area (Å²) in [5.74, 6) is -0.890. The Bertz CT molecular complexity index is 1530. The quantitative estimate of drug-likeness (QED) is 0.0261. The van der Waals surface area contributed by atoms with Crippen molar-refractivity contribution in [2.75, 3.05) is 13.2 Å². The molecule has 0 aromatic heterocycles. The Morgan fingerprint density at radius 2 is 0.500 bits per heavy atom. The molecule has 0 fully saturated rings. The second-order valence-corrected chi connectivity index (χ2v) is 22.0. The van der Waals surface area contributed by atoms with E-state index in [-0.39, 0.29) is 31.1 Å². The van der Waals surface area contributed by atoms with E-state index in [4.69, 9.17) is 14.2 Å². The van der Waals surface area contributed by atoms with Crippen LogP contribution in [0.2, 0.25) is 0 Å². The summed E-state index contributed by atoms with van der Waals surface area (Å²) < 4.78 is 16.9. The van der Waals surface area contributed by atoms with Gasteiger partial charge in [-0.15, -0.1) is 0 Å². The van der Waals surface area contributed by atoms with E-state index in [1.54, 1.807) is 0 Å². The van der Waals surface area contributed by atoms with E-state index in [2.05, 4.69) is 118 Å². The fraction of sp³-hybridized carbons (Fsp3) is 0.736. The molecule has 1 unspecified atom stereocenters. The van der Waals surface area contributed by atoms with Crippen LogP contribution in [-0.2, 0) is 28.6 Å². The predicted molar refractivity (Wildman–Crippen MR) is 339 cm³/mol. The number of carbonyl (C=O) groups is 3. The minimum Gasteiger partial charge on any atom is -0.462 e. The zero-order chi connectivity index (χ0) is 56.4. The van der Waals surface area contributed by atoms with E-state index >= 15 is 0 Å². The molecule has 0 spiro atoms. The van der Waals surface area contributed by atoms with Gasteiger partial charge in [-0.05, 0) is 103 Å². The van der Waals surface area contributed by atoms with Gasteiger partial charge in [0.05, 0.1) is 0 Å². The molecule has 6 heteroatoms. The monoisotopic (exact) mass is 1080 g/mol. The van der Waals surface area contributed by atoms with Gasteiger partial charge in [-0.2, -0.15) is 0 Å². The lowest BCUT2D eigenvalue weighted by atomic mass is 10.0. The maximum absolute atomic E-state index is 12.9. The molecule has 78 heavy (non-hydrogen) atoms. The maximum atomic E-state index is 12.9. The van der Waals surface area contributed by atoms with E-state index < -0.39 is 6.10 Å². The first-order valence-electron chi connectivity index (χ1n) is 33.2. The molecule has 0 aliphatic heterocycles. The standard InChI is InChI=1S/C72H124O6/c1-4-7-10-13-16-19-21-23-25-27-29-31-33-35-36-38-39-41-43-45-47-49-51-53-56-59-62-65-71(74)77-68-69(67-76-70(73)64-61-58-55-18-15-12-9-6-3)78-72(75)66-63-60-57-54-52-50-48-46-44-42-40-37-34-32-30-28-26-24-22-20-17-14-11-8-5-2/h8,11,17,20-21,23-24,26-27,29-30,32,37,40,44,46,69H,4-7,9-10,12-16,18-19,22,25,28,31,33-36,38-39,41-43,45,47-68H2,1-3H3/b11-8-,20-17-,23-21-,26-24-,29-27-,32-30-,40-37-,46-44-. The molecule has 0 aliphatic carbocycles. The van der Waals surface area contributed by atoms with Crippen LogP contribution in [0.4, 0.5) is 0 Å². The van der Waals surface area contributed by atoms with Gasteiger partial charge in [-0.3, -0.25) is 14.4 Å². The zero-order valence-corrected chi connectivity index (χ0v) is 51.4. The van der Waals surface area contributed by atoms with Crippen LogP contribution in [0.5, 0.6) is 0 Å². The van der Waals surface area contributed by atoms with Crippen LogP contribution in [0.25, 0.3) is 0 Å². The molecular weight excluding hydrogens is 961 g/mol. The summed E-state index contributed by atoms with van der Waals surface area (Å²) in [4.78, 5) is 38.2. The van der Waals surface area contributed by atoms with Crippen LogP contribution in [0.3, 0.4) is 0 Å². The summed E-state index contributed by atoms with van der Waals surface area (Å²) in [5, 5.41) is 0. The molecule has 0 N–H and O–H groups in total. The number of rotatable bonds is 60. The van der Waals surface area contributed by atoms with Crippen molar-refractivity contribution in [3.63, 3.8) is 0 Å². The van der Waals surface area contributed by atoms with Gasteiger partial charge in [0.25, 0.3) is 0 Å². The van der Waals surface area contributed by atoms with E-state index in [1.807, 2.05) is 0 Å². The van der Waals surface area contributed by atoms with Crippen LogP contribution >= 0.6 is 0 Å². The Morgan fingerprint density at radius 3 is 0.782 bits per heavy atom. The minimum atomic E-state index is -0.784. The molecule has 0 radical (unpaired) electrons. The molecule has 0 rings (SSSR count). The Labute approximate surface area is 483 Å². The van der Waals surface area contributed by atoms with Crippen molar-refractivity contribution < 1.29 is 28.6 Å². The zero-order valence-electron chi connectivity index (χ0n) is 51.4. The third kappa shape index (κ3) is 63.2. The highest BCUT2D eigenvalue weighted by molar-refractivity contribution is 5.71. The lowest BCUT2D eigenvalue weighted by molar-refractivity contribution is -0.167. The third-order valence-corrected chi connectivity index (χ3v) is 14.3. The second kappa shape index (κ2) is 65.8. The highest BCUT2D eigenvalue weighted by Gasteiger charge is 2.19. The number of carbonyl (C=O) groups excluding carboxylic acids is 3. The number of allylic oxidation sites excluding steroid dienone is 16. The van der Waals surface area contributed by atoms with Crippen LogP contribution < -0.4 is 0 Å². The van der Waals surface area contributed by atoms with Crippen molar-refractivity contribution in [1.82, 2.24) is 0 Å². The van der Waals surface area contributed by atoms with Crippen molar-refractivity contribution >= 4 is 17.9 Å². The Morgan fingerprint density at radius 1 is 0.269 bits per heavy atom. The van der Waals surface area contributed by atoms with Crippen LogP contribution in [0.1, 0.15) is 323 Å². The molecule has 0 saturated carbocycles. The number of esters is 3. The second-order valence-electron chi connectivity index (χ2n) is 22.0. The fourth-order valence-corrected chi connectivity index (χ4v) is 9.36. The van der Waals surface area contributed by atoms with E-state index in [1.165, 1.54) is 167 Å². The molecule has 0 aliphatic rings. The van der Waals surface area contributed by atoms with Gasteiger partial charge in [0.1, 0.15) is 13.2 Å². The molecule has 0 aromatic rings. The molecule has 0 heterocycles. The molecular formula is C72H124O6. The SMILES string of the molecule is CC/C=C\C/C=C\C/C=C\C/C=C\C/C=C\C/C=C\CCCCCCCCC(=O)OC(COC(=O)CCCCCCCCCC)COC(=O)CCCCCCCCCCCCCCCCC/C=C\C/C=C\CCCCCCC. The Hall–Kier alpha value is -3.67. The molecule has 0 amide bonds. The summed E-state index contributed by atoms with van der Waals surface area (Å²) in [6.45, 7) is 6.50. The molecule has 6 nitrogen and oxygen atoms in total. The van der Waals surface area contributed by atoms with Gasteiger partial charge in [-0.1, -0.05) is 298 Å². The van der Waals surface area contributed by atoms with Gasteiger partial charge in [0.2, 0.25) is 0 Å². The average molecular weight is 1090 g/mol. The lowest BCUT2D eigenvalue weighted by Gasteiger charge is -2.18. The van der Waals surface area contributed by atoms with E-state index in [0.717, 1.165) is 116 Å². The summed E-state index contributed by atoms with van der Waals surface area (Å²) in [5.41, 5.74) is 0. The van der Waals surface area contributed by atoms with Crippen molar-refractivity contribution in [2.24, 2.45) is 0 Å². The van der Waals surface area contributed by atoms with Crippen LogP contribution in [0, 0.1) is 0 Å². The number of hydrogen-bond donors (Lipinski definition) is 0. The number of hydrogen-bond acceptors (Lipinski definition) is 6. The van der Waals surface area contributed by atoms with Gasteiger partial charge < -0.3 is 14.2 Å². The maximum Gasteiger partial charge on any atom is 0.306 e.